The molecule has 0 radical (unpaired) electrons. The van der Waals surface area contributed by atoms with E-state index in [0.717, 1.165) is 24.1 Å². The molecule has 3 aromatic rings. The van der Waals surface area contributed by atoms with E-state index in [9.17, 15) is 0 Å². The van der Waals surface area contributed by atoms with Crippen molar-refractivity contribution in [1.29, 1.82) is 0 Å². The molecule has 126 valence electrons. The van der Waals surface area contributed by atoms with E-state index in [1.54, 1.807) is 0 Å². The second kappa shape index (κ2) is 5.15. The molecule has 2 nitrogen and oxygen atoms in total. The highest BCUT2D eigenvalue weighted by atomic mass is 16.5. The van der Waals surface area contributed by atoms with Gasteiger partial charge < -0.3 is 4.74 Å². The number of fused-ring (bicyclic) bond motifs is 7. The fourth-order valence-corrected chi connectivity index (χ4v) is 4.34. The lowest BCUT2D eigenvalue weighted by molar-refractivity contribution is 0.0722. The lowest BCUT2D eigenvalue weighted by Crippen LogP contribution is -2.10. The van der Waals surface area contributed by atoms with Crippen molar-refractivity contribution in [3.8, 4) is 11.3 Å². The average Bonchev–Trinajstić information content (AvgIpc) is 3.23. The van der Waals surface area contributed by atoms with Gasteiger partial charge in [-0.15, -0.1) is 0 Å². The molecule has 0 amide bonds. The normalized spacial score (nSPS) is 21.7. The van der Waals surface area contributed by atoms with Crippen molar-refractivity contribution in [2.24, 2.45) is 0 Å². The van der Waals surface area contributed by atoms with Crippen LogP contribution in [0.3, 0.4) is 0 Å². The van der Waals surface area contributed by atoms with Crippen LogP contribution in [-0.4, -0.2) is 4.98 Å². The topological polar surface area (TPSA) is 22.1 Å². The third-order valence-electron chi connectivity index (χ3n) is 5.66. The maximum absolute atomic E-state index is 6.25. The summed E-state index contributed by atoms with van der Waals surface area (Å²) >= 11 is 0. The van der Waals surface area contributed by atoms with Crippen LogP contribution in [0, 0.1) is 0 Å². The van der Waals surface area contributed by atoms with Crippen LogP contribution in [0.1, 0.15) is 62.5 Å². The van der Waals surface area contributed by atoms with Gasteiger partial charge in [-0.1, -0.05) is 63.2 Å². The quantitative estimate of drug-likeness (QED) is 0.537. The lowest BCUT2D eigenvalue weighted by Gasteiger charge is -2.21. The summed E-state index contributed by atoms with van der Waals surface area (Å²) < 4.78 is 6.25. The Morgan fingerprint density at radius 1 is 0.880 bits per heavy atom. The Labute approximate surface area is 148 Å². The van der Waals surface area contributed by atoms with Gasteiger partial charge in [0, 0.05) is 16.5 Å². The molecule has 2 bridgehead atoms. The minimum absolute atomic E-state index is 0.166. The van der Waals surface area contributed by atoms with Gasteiger partial charge in [0.2, 0.25) is 0 Å². The highest BCUT2D eigenvalue weighted by Gasteiger charge is 2.41. The second-order valence-electron chi connectivity index (χ2n) is 8.32. The maximum Gasteiger partial charge on any atom is 0.0859 e. The number of rotatable bonds is 1. The van der Waals surface area contributed by atoms with Gasteiger partial charge >= 0.3 is 0 Å². The number of ether oxygens (including phenoxy) is 1. The van der Waals surface area contributed by atoms with Gasteiger partial charge in [0.1, 0.15) is 0 Å². The number of hydrogen-bond acceptors (Lipinski definition) is 2. The molecule has 1 fully saturated rings. The van der Waals surface area contributed by atoms with Gasteiger partial charge in [0.15, 0.2) is 0 Å². The summed E-state index contributed by atoms with van der Waals surface area (Å²) in [4.78, 5) is 5.05. The minimum Gasteiger partial charge on any atom is -0.365 e. The molecule has 0 aliphatic carbocycles. The predicted molar refractivity (Wildman–Crippen MR) is 102 cm³/mol. The van der Waals surface area contributed by atoms with Crippen LogP contribution in [0.25, 0.3) is 22.2 Å². The van der Waals surface area contributed by atoms with Crippen LogP contribution in [-0.2, 0) is 10.2 Å². The van der Waals surface area contributed by atoms with Gasteiger partial charge in [-0.3, -0.25) is 0 Å². The molecule has 0 N–H and O–H groups in total. The summed E-state index contributed by atoms with van der Waals surface area (Å²) in [7, 11) is 0. The van der Waals surface area contributed by atoms with Gasteiger partial charge in [-0.25, -0.2) is 4.98 Å². The Kier molecular flexibility index (Phi) is 3.11. The first-order valence-electron chi connectivity index (χ1n) is 9.21. The molecular weight excluding hydrogens is 306 g/mol. The fourth-order valence-electron chi connectivity index (χ4n) is 4.34. The van der Waals surface area contributed by atoms with Crippen LogP contribution in [0.2, 0.25) is 0 Å². The molecule has 2 atom stereocenters. The van der Waals surface area contributed by atoms with E-state index in [0.29, 0.717) is 0 Å². The van der Waals surface area contributed by atoms with Crippen molar-refractivity contribution in [3.05, 3.63) is 65.2 Å². The monoisotopic (exact) mass is 329 g/mol. The first kappa shape index (κ1) is 15.1. The summed E-state index contributed by atoms with van der Waals surface area (Å²) in [6.45, 7) is 6.75. The van der Waals surface area contributed by atoms with Gasteiger partial charge in [-0.2, -0.15) is 0 Å². The number of benzene rings is 2. The van der Waals surface area contributed by atoms with Crippen LogP contribution in [0.5, 0.6) is 0 Å². The standard InChI is InChI=1S/C23H23NO/c1-23(2,3)15-10-8-14(9-11-15)22-21-19-13-12-18(25-19)20(21)16-6-4-5-7-17(16)24-22/h4-11,18-19H,12-13H2,1-3H3. The van der Waals surface area contributed by atoms with Crippen molar-refractivity contribution in [1.82, 2.24) is 4.98 Å². The van der Waals surface area contributed by atoms with Crippen molar-refractivity contribution < 1.29 is 4.74 Å². The third kappa shape index (κ3) is 2.24. The second-order valence-corrected chi connectivity index (χ2v) is 8.32. The smallest absolute Gasteiger partial charge is 0.0859 e. The van der Waals surface area contributed by atoms with Crippen molar-refractivity contribution in [3.63, 3.8) is 0 Å². The predicted octanol–water partition coefficient (Wildman–Crippen LogP) is 6.11. The number of hydrogen-bond donors (Lipinski definition) is 0. The largest absolute Gasteiger partial charge is 0.365 e. The lowest BCUT2D eigenvalue weighted by atomic mass is 9.84. The van der Waals surface area contributed by atoms with E-state index >= 15 is 0 Å². The fraction of sp³-hybridized carbons (Fsp3) is 0.348. The molecule has 5 rings (SSSR count). The molecule has 3 heterocycles. The zero-order valence-corrected chi connectivity index (χ0v) is 15.0. The SMILES string of the molecule is CC(C)(C)c1ccc(-c2nc3ccccc3c3c2C2CCC3O2)cc1. The molecule has 2 aliphatic heterocycles. The Morgan fingerprint density at radius 2 is 1.56 bits per heavy atom. The van der Waals surface area contributed by atoms with E-state index in [1.165, 1.54) is 27.6 Å². The van der Waals surface area contributed by atoms with Gasteiger partial charge in [0.05, 0.1) is 23.4 Å². The zero-order chi connectivity index (χ0) is 17.2. The van der Waals surface area contributed by atoms with E-state index in [1.807, 2.05) is 0 Å². The third-order valence-corrected chi connectivity index (χ3v) is 5.66. The molecular formula is C23H23NO. The van der Waals surface area contributed by atoms with Crippen LogP contribution in [0.4, 0.5) is 0 Å². The van der Waals surface area contributed by atoms with Crippen LogP contribution in [0.15, 0.2) is 48.5 Å². The molecule has 2 heteroatoms. The molecule has 2 aliphatic rings. The summed E-state index contributed by atoms with van der Waals surface area (Å²) in [6.07, 6.45) is 2.72. The summed E-state index contributed by atoms with van der Waals surface area (Å²) in [5.74, 6) is 0. The number of aromatic nitrogens is 1. The van der Waals surface area contributed by atoms with E-state index in [4.69, 9.17) is 9.72 Å². The molecule has 1 aromatic heterocycles. The molecule has 0 saturated carbocycles. The van der Waals surface area contributed by atoms with Gasteiger partial charge in [-0.05, 0) is 35.4 Å². The number of nitrogens with zero attached hydrogens (tertiary/aromatic N) is 1. The van der Waals surface area contributed by atoms with E-state index in [-0.39, 0.29) is 17.6 Å². The molecule has 1 saturated heterocycles. The zero-order valence-electron chi connectivity index (χ0n) is 15.0. The summed E-state index contributed by atoms with van der Waals surface area (Å²) in [5.41, 5.74) is 7.63. The van der Waals surface area contributed by atoms with E-state index in [2.05, 4.69) is 69.3 Å². The Bertz CT molecular complexity index is 966. The van der Waals surface area contributed by atoms with Crippen molar-refractivity contribution in [2.45, 2.75) is 51.2 Å². The number of para-hydroxylation sites is 1. The highest BCUT2D eigenvalue weighted by molar-refractivity contribution is 5.88. The van der Waals surface area contributed by atoms with Crippen molar-refractivity contribution >= 4 is 10.9 Å². The van der Waals surface area contributed by atoms with Crippen LogP contribution < -0.4 is 0 Å². The Balaban J connectivity index is 1.74. The van der Waals surface area contributed by atoms with Crippen molar-refractivity contribution in [2.75, 3.05) is 0 Å². The first-order chi connectivity index (χ1) is 12.0. The van der Waals surface area contributed by atoms with Crippen LogP contribution >= 0.6 is 0 Å². The first-order valence-corrected chi connectivity index (χ1v) is 9.21. The molecule has 25 heavy (non-hydrogen) atoms. The Hall–Kier alpha value is -2.19. The average molecular weight is 329 g/mol. The minimum atomic E-state index is 0.166. The van der Waals surface area contributed by atoms with Gasteiger partial charge in [0.25, 0.3) is 0 Å². The Morgan fingerprint density at radius 3 is 2.28 bits per heavy atom. The molecule has 2 aromatic carbocycles. The maximum atomic E-state index is 6.25. The summed E-state index contributed by atoms with van der Waals surface area (Å²) in [5, 5.41) is 1.26. The van der Waals surface area contributed by atoms with E-state index < -0.39 is 0 Å². The molecule has 0 spiro atoms. The molecule has 2 unspecified atom stereocenters. The highest BCUT2D eigenvalue weighted by Crippen LogP contribution is 2.55. The number of pyridine rings is 1. The summed E-state index contributed by atoms with van der Waals surface area (Å²) in [6, 6.07) is 17.4.